The monoisotopic (exact) mass is 352 g/mol. The van der Waals surface area contributed by atoms with Gasteiger partial charge < -0.3 is 0 Å². The average molecular weight is 353 g/mol. The van der Waals surface area contributed by atoms with E-state index in [2.05, 4.69) is 45.0 Å². The number of benzene rings is 1. The minimum absolute atomic E-state index is 0.108. The summed E-state index contributed by atoms with van der Waals surface area (Å²) in [5.41, 5.74) is 3.25. The van der Waals surface area contributed by atoms with Crippen LogP contribution in [0.25, 0.3) is 0 Å². The van der Waals surface area contributed by atoms with Gasteiger partial charge in [0, 0.05) is 0 Å². The number of hydrogen-bond donors (Lipinski definition) is 1. The normalized spacial score (nSPS) is 18.0. The average Bonchev–Trinajstić information content (AvgIpc) is 2.91. The zero-order valence-electron chi connectivity index (χ0n) is 15.3. The summed E-state index contributed by atoms with van der Waals surface area (Å²) in [6.07, 6.45) is 8.60. The highest BCUT2D eigenvalue weighted by atomic mass is 32.2. The van der Waals surface area contributed by atoms with Gasteiger partial charge in [-0.15, -0.1) is 0 Å². The molecular formula is C20H32O3S. The summed E-state index contributed by atoms with van der Waals surface area (Å²) in [6, 6.07) is 9.02. The Morgan fingerprint density at radius 3 is 2.12 bits per heavy atom. The van der Waals surface area contributed by atoms with Gasteiger partial charge in [0.1, 0.15) is 0 Å². The molecular weight excluding hydrogens is 320 g/mol. The fraction of sp³-hybridized carbons (Fsp3) is 0.700. The molecule has 1 N–H and O–H groups in total. The SMILES string of the molecule is CC(C)(C)c1ccc(CC2(CCCCS(=O)(=O)O)CCCC2)cc1. The lowest BCUT2D eigenvalue weighted by Crippen LogP contribution is -2.20. The third kappa shape index (κ3) is 5.89. The Morgan fingerprint density at radius 2 is 1.62 bits per heavy atom. The van der Waals surface area contributed by atoms with Crippen molar-refractivity contribution < 1.29 is 13.0 Å². The molecule has 1 aliphatic carbocycles. The van der Waals surface area contributed by atoms with E-state index < -0.39 is 10.1 Å². The highest BCUT2D eigenvalue weighted by Gasteiger charge is 2.33. The van der Waals surface area contributed by atoms with Crippen molar-refractivity contribution >= 4 is 10.1 Å². The maximum Gasteiger partial charge on any atom is 0.264 e. The molecule has 2 rings (SSSR count). The van der Waals surface area contributed by atoms with E-state index >= 15 is 0 Å². The summed E-state index contributed by atoms with van der Waals surface area (Å²) in [5.74, 6) is -0.108. The van der Waals surface area contributed by atoms with Gasteiger partial charge in [-0.1, -0.05) is 64.3 Å². The molecule has 0 aromatic heterocycles. The van der Waals surface area contributed by atoms with Gasteiger partial charge in [0.2, 0.25) is 0 Å². The van der Waals surface area contributed by atoms with Crippen molar-refractivity contribution in [2.24, 2.45) is 5.41 Å². The summed E-state index contributed by atoms with van der Waals surface area (Å²) in [5, 5.41) is 0. The van der Waals surface area contributed by atoms with Crippen LogP contribution in [0, 0.1) is 5.41 Å². The Balaban J connectivity index is 1.97. The van der Waals surface area contributed by atoms with Crippen molar-refractivity contribution in [1.29, 1.82) is 0 Å². The van der Waals surface area contributed by atoms with Crippen molar-refractivity contribution in [1.82, 2.24) is 0 Å². The van der Waals surface area contributed by atoms with Crippen LogP contribution in [0.2, 0.25) is 0 Å². The van der Waals surface area contributed by atoms with Crippen molar-refractivity contribution in [3.05, 3.63) is 35.4 Å². The molecule has 0 aliphatic heterocycles. The molecule has 1 aliphatic rings. The van der Waals surface area contributed by atoms with Gasteiger partial charge in [-0.3, -0.25) is 4.55 Å². The largest absolute Gasteiger partial charge is 0.286 e. The number of hydrogen-bond acceptors (Lipinski definition) is 2. The van der Waals surface area contributed by atoms with Gasteiger partial charge in [0.15, 0.2) is 0 Å². The van der Waals surface area contributed by atoms with Crippen LogP contribution in [0.4, 0.5) is 0 Å². The topological polar surface area (TPSA) is 54.4 Å². The first-order valence-corrected chi connectivity index (χ1v) is 10.8. The predicted molar refractivity (Wildman–Crippen MR) is 100 cm³/mol. The molecule has 136 valence electrons. The second kappa shape index (κ2) is 7.57. The lowest BCUT2D eigenvalue weighted by atomic mass is 9.75. The molecule has 0 unspecified atom stereocenters. The summed E-state index contributed by atoms with van der Waals surface area (Å²) in [7, 11) is -3.82. The molecule has 24 heavy (non-hydrogen) atoms. The van der Waals surface area contributed by atoms with Crippen molar-refractivity contribution in [3.63, 3.8) is 0 Å². The quantitative estimate of drug-likeness (QED) is 0.546. The first-order chi connectivity index (χ1) is 11.1. The molecule has 0 heterocycles. The third-order valence-electron chi connectivity index (χ3n) is 5.42. The molecule has 1 aromatic rings. The van der Waals surface area contributed by atoms with Crippen LogP contribution in [0.1, 0.15) is 76.8 Å². The number of rotatable bonds is 7. The number of unbranched alkanes of at least 4 members (excludes halogenated alkanes) is 1. The van der Waals surface area contributed by atoms with E-state index in [0.717, 1.165) is 19.3 Å². The second-order valence-corrected chi connectivity index (χ2v) is 10.1. The molecule has 1 saturated carbocycles. The standard InChI is InChI=1S/C20H32O3S/c1-19(2,3)18-10-8-17(9-11-18)16-20(12-4-5-13-20)14-6-7-15-24(21,22)23/h8-11H,4-7,12-16H2,1-3H3,(H,21,22,23). The molecule has 0 spiro atoms. The minimum Gasteiger partial charge on any atom is -0.286 e. The Bertz CT molecular complexity index is 618. The zero-order chi connectivity index (χ0) is 17.8. The molecule has 0 atom stereocenters. The summed E-state index contributed by atoms with van der Waals surface area (Å²) < 4.78 is 30.6. The fourth-order valence-electron chi connectivity index (χ4n) is 3.98. The van der Waals surface area contributed by atoms with Gasteiger partial charge in [0.25, 0.3) is 10.1 Å². The summed E-state index contributed by atoms with van der Waals surface area (Å²) in [4.78, 5) is 0. The molecule has 4 heteroatoms. The first kappa shape index (κ1) is 19.5. The van der Waals surface area contributed by atoms with Crippen LogP contribution in [0.5, 0.6) is 0 Å². The van der Waals surface area contributed by atoms with Gasteiger partial charge in [-0.05, 0) is 54.1 Å². The van der Waals surface area contributed by atoms with Crippen molar-refractivity contribution in [2.45, 2.75) is 77.6 Å². The Hall–Kier alpha value is -0.870. The zero-order valence-corrected chi connectivity index (χ0v) is 16.2. The van der Waals surface area contributed by atoms with E-state index in [-0.39, 0.29) is 11.2 Å². The van der Waals surface area contributed by atoms with E-state index in [0.29, 0.717) is 11.8 Å². The molecule has 1 aromatic carbocycles. The van der Waals surface area contributed by atoms with Gasteiger partial charge in [-0.25, -0.2) is 0 Å². The van der Waals surface area contributed by atoms with Crippen molar-refractivity contribution in [2.75, 3.05) is 5.75 Å². The van der Waals surface area contributed by atoms with Crippen LogP contribution >= 0.6 is 0 Å². The highest BCUT2D eigenvalue weighted by molar-refractivity contribution is 7.85. The van der Waals surface area contributed by atoms with Gasteiger partial charge in [-0.2, -0.15) is 8.42 Å². The van der Waals surface area contributed by atoms with Gasteiger partial charge in [0.05, 0.1) is 5.75 Å². The van der Waals surface area contributed by atoms with Crippen LogP contribution in [-0.4, -0.2) is 18.7 Å². The third-order valence-corrected chi connectivity index (χ3v) is 6.23. The van der Waals surface area contributed by atoms with Crippen LogP contribution in [0.3, 0.4) is 0 Å². The summed E-state index contributed by atoms with van der Waals surface area (Å²) >= 11 is 0. The second-order valence-electron chi connectivity index (χ2n) is 8.57. The Morgan fingerprint density at radius 1 is 1.04 bits per heavy atom. The minimum atomic E-state index is -3.82. The maximum atomic E-state index is 10.9. The van der Waals surface area contributed by atoms with Crippen LogP contribution in [-0.2, 0) is 22.0 Å². The molecule has 0 saturated heterocycles. The predicted octanol–water partition coefficient (Wildman–Crippen LogP) is 5.15. The van der Waals surface area contributed by atoms with E-state index in [1.165, 1.54) is 36.8 Å². The van der Waals surface area contributed by atoms with E-state index in [1.807, 2.05) is 0 Å². The molecule has 1 fully saturated rings. The lowest BCUT2D eigenvalue weighted by molar-refractivity contribution is 0.260. The lowest BCUT2D eigenvalue weighted by Gasteiger charge is -2.30. The maximum absolute atomic E-state index is 10.9. The fourth-order valence-corrected chi connectivity index (χ4v) is 4.55. The highest BCUT2D eigenvalue weighted by Crippen LogP contribution is 2.45. The van der Waals surface area contributed by atoms with Crippen LogP contribution in [0.15, 0.2) is 24.3 Å². The van der Waals surface area contributed by atoms with E-state index in [9.17, 15) is 8.42 Å². The Kier molecular flexibility index (Phi) is 6.14. The van der Waals surface area contributed by atoms with Crippen molar-refractivity contribution in [3.8, 4) is 0 Å². The molecule has 3 nitrogen and oxygen atoms in total. The Labute approximate surface area is 147 Å². The molecule has 0 amide bonds. The van der Waals surface area contributed by atoms with Crippen LogP contribution < -0.4 is 0 Å². The molecule has 0 radical (unpaired) electrons. The smallest absolute Gasteiger partial charge is 0.264 e. The molecule has 0 bridgehead atoms. The van der Waals surface area contributed by atoms with E-state index in [4.69, 9.17) is 4.55 Å². The van der Waals surface area contributed by atoms with Gasteiger partial charge >= 0.3 is 0 Å². The van der Waals surface area contributed by atoms with E-state index in [1.54, 1.807) is 0 Å². The first-order valence-electron chi connectivity index (χ1n) is 9.14. The summed E-state index contributed by atoms with van der Waals surface area (Å²) in [6.45, 7) is 6.70.